The van der Waals surface area contributed by atoms with Gasteiger partial charge in [0.15, 0.2) is 0 Å². The van der Waals surface area contributed by atoms with Crippen LogP contribution in [-0.4, -0.2) is 12.2 Å². The van der Waals surface area contributed by atoms with E-state index in [0.29, 0.717) is 24.4 Å². The number of hydrogen-bond acceptors (Lipinski definition) is 4. The second kappa shape index (κ2) is 6.60. The van der Waals surface area contributed by atoms with E-state index in [4.69, 9.17) is 10.00 Å². The van der Waals surface area contributed by atoms with Gasteiger partial charge >= 0.3 is 0 Å². The summed E-state index contributed by atoms with van der Waals surface area (Å²) < 4.78 is 5.04. The van der Waals surface area contributed by atoms with Crippen molar-refractivity contribution < 1.29 is 9.84 Å². The molecule has 20 heavy (non-hydrogen) atoms. The summed E-state index contributed by atoms with van der Waals surface area (Å²) in [6.07, 6.45) is 0. The molecule has 0 spiro atoms. The number of aromatic hydroxyl groups is 1. The van der Waals surface area contributed by atoms with Crippen LogP contribution in [0.1, 0.15) is 16.7 Å². The first-order valence-electron chi connectivity index (χ1n) is 6.28. The van der Waals surface area contributed by atoms with Gasteiger partial charge < -0.3 is 15.2 Å². The second-order valence-corrected chi connectivity index (χ2v) is 4.41. The van der Waals surface area contributed by atoms with Gasteiger partial charge in [0, 0.05) is 24.7 Å². The molecule has 2 aromatic rings. The van der Waals surface area contributed by atoms with E-state index in [1.54, 1.807) is 19.2 Å². The minimum absolute atomic E-state index is 0.211. The average Bonchev–Trinajstić information content (AvgIpc) is 2.49. The number of hydrogen-bond donors (Lipinski definition) is 2. The third-order valence-electron chi connectivity index (χ3n) is 2.99. The topological polar surface area (TPSA) is 65.3 Å². The summed E-state index contributed by atoms with van der Waals surface area (Å²) in [6, 6.07) is 14.8. The van der Waals surface area contributed by atoms with Gasteiger partial charge in [0.1, 0.15) is 11.5 Å². The van der Waals surface area contributed by atoms with Crippen LogP contribution in [0.25, 0.3) is 0 Å². The molecule has 4 nitrogen and oxygen atoms in total. The first-order chi connectivity index (χ1) is 9.72. The maximum Gasteiger partial charge on any atom is 0.123 e. The van der Waals surface area contributed by atoms with Crippen molar-refractivity contribution in [2.45, 2.75) is 13.1 Å². The largest absolute Gasteiger partial charge is 0.507 e. The highest BCUT2D eigenvalue weighted by Gasteiger charge is 2.03. The predicted molar refractivity (Wildman–Crippen MR) is 76.4 cm³/mol. The lowest BCUT2D eigenvalue weighted by molar-refractivity contribution is 0.406. The monoisotopic (exact) mass is 268 g/mol. The van der Waals surface area contributed by atoms with Gasteiger partial charge in [-0.1, -0.05) is 18.2 Å². The van der Waals surface area contributed by atoms with E-state index < -0.39 is 0 Å². The molecule has 4 heteroatoms. The predicted octanol–water partition coefficient (Wildman–Crippen LogP) is 2.56. The summed E-state index contributed by atoms with van der Waals surface area (Å²) in [6.45, 7) is 1.19. The Morgan fingerprint density at radius 2 is 2.05 bits per heavy atom. The van der Waals surface area contributed by atoms with Crippen molar-refractivity contribution in [2.75, 3.05) is 7.11 Å². The number of rotatable bonds is 5. The number of ether oxygens (including phenoxy) is 1. The third-order valence-corrected chi connectivity index (χ3v) is 2.99. The summed E-state index contributed by atoms with van der Waals surface area (Å²) in [5, 5.41) is 21.9. The van der Waals surface area contributed by atoms with Crippen molar-refractivity contribution in [3.8, 4) is 17.6 Å². The van der Waals surface area contributed by atoms with E-state index in [1.807, 2.05) is 30.3 Å². The fourth-order valence-corrected chi connectivity index (χ4v) is 1.91. The first-order valence-corrected chi connectivity index (χ1v) is 6.28. The minimum atomic E-state index is 0.211. The van der Waals surface area contributed by atoms with Crippen LogP contribution in [0.15, 0.2) is 42.5 Å². The lowest BCUT2D eigenvalue weighted by Crippen LogP contribution is -2.12. The Hall–Kier alpha value is -2.51. The molecule has 102 valence electrons. The number of nitrogens with one attached hydrogen (secondary N) is 1. The van der Waals surface area contributed by atoms with E-state index in [-0.39, 0.29) is 5.75 Å². The van der Waals surface area contributed by atoms with Gasteiger partial charge in [-0.2, -0.15) is 5.26 Å². The summed E-state index contributed by atoms with van der Waals surface area (Å²) in [4.78, 5) is 0. The number of nitrogens with zero attached hydrogens (tertiary/aromatic N) is 1. The van der Waals surface area contributed by atoms with Gasteiger partial charge in [0.05, 0.1) is 18.7 Å². The zero-order valence-corrected chi connectivity index (χ0v) is 11.3. The second-order valence-electron chi connectivity index (χ2n) is 4.41. The zero-order chi connectivity index (χ0) is 14.4. The molecule has 2 N–H and O–H groups in total. The van der Waals surface area contributed by atoms with E-state index in [9.17, 15) is 5.11 Å². The Bertz CT molecular complexity index is 633. The lowest BCUT2D eigenvalue weighted by atomic mass is 10.1. The molecule has 0 saturated carbocycles. The highest BCUT2D eigenvalue weighted by atomic mass is 16.5. The molecule has 2 rings (SSSR count). The van der Waals surface area contributed by atoms with Crippen LogP contribution in [0.3, 0.4) is 0 Å². The highest BCUT2D eigenvalue weighted by molar-refractivity contribution is 5.39. The van der Waals surface area contributed by atoms with E-state index in [1.165, 1.54) is 0 Å². The molecular weight excluding hydrogens is 252 g/mol. The number of benzene rings is 2. The average molecular weight is 268 g/mol. The number of methoxy groups -OCH3 is 1. The van der Waals surface area contributed by atoms with Crippen LogP contribution in [0.2, 0.25) is 0 Å². The molecule has 0 fully saturated rings. The van der Waals surface area contributed by atoms with Crippen LogP contribution in [0, 0.1) is 11.3 Å². The molecule has 0 bridgehead atoms. The lowest BCUT2D eigenvalue weighted by Gasteiger charge is -2.08. The Morgan fingerprint density at radius 1 is 1.20 bits per heavy atom. The smallest absolute Gasteiger partial charge is 0.123 e. The SMILES string of the molecule is COc1ccc(CNCc2cccc(C#N)c2)c(O)c1. The molecule has 0 aliphatic rings. The number of phenolic OH excluding ortho intramolecular Hbond substituents is 1. The van der Waals surface area contributed by atoms with Crippen molar-refractivity contribution in [2.24, 2.45) is 0 Å². The number of nitriles is 1. The van der Waals surface area contributed by atoms with Crippen LogP contribution >= 0.6 is 0 Å². The molecule has 0 amide bonds. The quantitative estimate of drug-likeness (QED) is 0.874. The van der Waals surface area contributed by atoms with Gasteiger partial charge in [0.25, 0.3) is 0 Å². The summed E-state index contributed by atoms with van der Waals surface area (Å²) in [5.41, 5.74) is 2.50. The normalized spacial score (nSPS) is 10.0. The van der Waals surface area contributed by atoms with Crippen LogP contribution in [0.5, 0.6) is 11.5 Å². The molecule has 0 aliphatic carbocycles. The van der Waals surface area contributed by atoms with Crippen LogP contribution < -0.4 is 10.1 Å². The zero-order valence-electron chi connectivity index (χ0n) is 11.3. The van der Waals surface area contributed by atoms with E-state index >= 15 is 0 Å². The molecule has 0 radical (unpaired) electrons. The van der Waals surface area contributed by atoms with Crippen molar-refractivity contribution >= 4 is 0 Å². The molecule has 0 heterocycles. The fraction of sp³-hybridized carbons (Fsp3) is 0.188. The van der Waals surface area contributed by atoms with Crippen molar-refractivity contribution in [1.29, 1.82) is 5.26 Å². The summed E-state index contributed by atoms with van der Waals surface area (Å²) >= 11 is 0. The Balaban J connectivity index is 1.94. The molecule has 0 aliphatic heterocycles. The molecule has 0 aromatic heterocycles. The van der Waals surface area contributed by atoms with Crippen molar-refractivity contribution in [3.63, 3.8) is 0 Å². The van der Waals surface area contributed by atoms with Crippen molar-refractivity contribution in [3.05, 3.63) is 59.2 Å². The molecule has 0 atom stereocenters. The van der Waals surface area contributed by atoms with Gasteiger partial charge in [-0.05, 0) is 23.8 Å². The molecule has 0 saturated heterocycles. The van der Waals surface area contributed by atoms with E-state index in [0.717, 1.165) is 11.1 Å². The van der Waals surface area contributed by atoms with Crippen LogP contribution in [-0.2, 0) is 13.1 Å². The molecule has 0 unspecified atom stereocenters. The van der Waals surface area contributed by atoms with Gasteiger partial charge in [-0.15, -0.1) is 0 Å². The maximum absolute atomic E-state index is 9.84. The summed E-state index contributed by atoms with van der Waals surface area (Å²) in [7, 11) is 1.56. The maximum atomic E-state index is 9.84. The fourth-order valence-electron chi connectivity index (χ4n) is 1.91. The Labute approximate surface area is 118 Å². The molecular formula is C16H16N2O2. The number of phenols is 1. The van der Waals surface area contributed by atoms with Gasteiger partial charge in [0.2, 0.25) is 0 Å². The van der Waals surface area contributed by atoms with Crippen LogP contribution in [0.4, 0.5) is 0 Å². The highest BCUT2D eigenvalue weighted by Crippen LogP contribution is 2.23. The van der Waals surface area contributed by atoms with E-state index in [2.05, 4.69) is 11.4 Å². The van der Waals surface area contributed by atoms with Crippen molar-refractivity contribution in [1.82, 2.24) is 5.32 Å². The molecule has 2 aromatic carbocycles. The Morgan fingerprint density at radius 3 is 2.75 bits per heavy atom. The third kappa shape index (κ3) is 3.50. The standard InChI is InChI=1S/C16H16N2O2/c1-20-15-6-5-14(16(19)8-15)11-18-10-13-4-2-3-12(7-13)9-17/h2-8,18-19H,10-11H2,1H3. The first kappa shape index (κ1) is 13.9. The van der Waals surface area contributed by atoms with Gasteiger partial charge in [-0.3, -0.25) is 0 Å². The minimum Gasteiger partial charge on any atom is -0.507 e. The Kier molecular flexibility index (Phi) is 4.59. The summed E-state index contributed by atoms with van der Waals surface area (Å²) in [5.74, 6) is 0.843. The van der Waals surface area contributed by atoms with Gasteiger partial charge in [-0.25, -0.2) is 0 Å².